The third-order valence-corrected chi connectivity index (χ3v) is 3.76. The Balaban J connectivity index is 0. The summed E-state index contributed by atoms with van der Waals surface area (Å²) in [6, 6.07) is 0. The van der Waals surface area contributed by atoms with E-state index in [1.807, 2.05) is 11.8 Å². The Labute approximate surface area is 85.9 Å². The van der Waals surface area contributed by atoms with Gasteiger partial charge in [0.1, 0.15) is 0 Å². The third-order valence-electron chi connectivity index (χ3n) is 1.41. The molecule has 0 saturated carbocycles. The summed E-state index contributed by atoms with van der Waals surface area (Å²) in [5.74, 6) is 0. The molecule has 0 spiro atoms. The zero-order chi connectivity index (χ0) is 8.74. The monoisotopic (exact) mass is 239 g/mol. The Hall–Kier alpha value is 0.356. The van der Waals surface area contributed by atoms with Crippen molar-refractivity contribution in [2.45, 2.75) is 13.3 Å². The van der Waals surface area contributed by atoms with E-state index >= 15 is 0 Å². The van der Waals surface area contributed by atoms with E-state index in [0.717, 1.165) is 6.42 Å². The summed E-state index contributed by atoms with van der Waals surface area (Å²) < 4.78 is 15.4. The molecule has 0 bridgehead atoms. The van der Waals surface area contributed by atoms with Crippen molar-refractivity contribution in [3.05, 3.63) is 11.8 Å². The molecule has 0 amide bonds. The van der Waals surface area contributed by atoms with Crippen LogP contribution >= 0.6 is 0 Å². The van der Waals surface area contributed by atoms with Gasteiger partial charge < -0.3 is 13.3 Å². The van der Waals surface area contributed by atoms with Gasteiger partial charge in [-0.05, 0) is 12.1 Å². The standard InChI is InChI=1S/C7H16O3Si.Cu/c1-5-6-7-11(8-2,9-3)10-4;/h6-7H,5H2,1-4H3;/q;+1. The average Bonchev–Trinajstić information content (AvgIpc) is 2.08. The molecule has 0 unspecified atom stereocenters. The van der Waals surface area contributed by atoms with Crippen molar-refractivity contribution in [1.82, 2.24) is 0 Å². The minimum Gasteiger partial charge on any atom is -0.374 e. The fourth-order valence-corrected chi connectivity index (χ4v) is 2.15. The molecule has 0 radical (unpaired) electrons. The molecule has 0 N–H and O–H groups in total. The number of allylic oxidation sites excluding steroid dienone is 1. The van der Waals surface area contributed by atoms with Crippen LogP contribution < -0.4 is 0 Å². The Morgan fingerprint density at radius 1 is 1.08 bits per heavy atom. The molecule has 0 atom stereocenters. The molecule has 5 heteroatoms. The molecule has 0 saturated heterocycles. The topological polar surface area (TPSA) is 27.7 Å². The fourth-order valence-electron chi connectivity index (χ4n) is 0.716. The van der Waals surface area contributed by atoms with E-state index in [9.17, 15) is 0 Å². The van der Waals surface area contributed by atoms with Gasteiger partial charge >= 0.3 is 25.9 Å². The maximum Gasteiger partial charge on any atom is 1.00 e. The number of hydrogen-bond donors (Lipinski definition) is 0. The molecule has 0 aromatic heterocycles. The van der Waals surface area contributed by atoms with Crippen molar-refractivity contribution in [3.63, 3.8) is 0 Å². The zero-order valence-corrected chi connectivity index (χ0v) is 9.83. The summed E-state index contributed by atoms with van der Waals surface area (Å²) in [4.78, 5) is 0. The molecule has 0 aromatic rings. The second kappa shape index (κ2) is 7.98. The molecule has 0 heterocycles. The molecule has 3 nitrogen and oxygen atoms in total. The molecule has 0 aliphatic rings. The number of hydrogen-bond acceptors (Lipinski definition) is 3. The van der Waals surface area contributed by atoms with Crippen LogP contribution in [0.2, 0.25) is 0 Å². The first-order chi connectivity index (χ1) is 5.24. The maximum atomic E-state index is 5.15. The predicted molar refractivity (Wildman–Crippen MR) is 46.2 cm³/mol. The molecule has 76 valence electrons. The van der Waals surface area contributed by atoms with E-state index in [-0.39, 0.29) is 17.1 Å². The second-order valence-corrected chi connectivity index (χ2v) is 4.79. The van der Waals surface area contributed by atoms with Crippen molar-refractivity contribution >= 4 is 8.80 Å². The van der Waals surface area contributed by atoms with E-state index in [0.29, 0.717) is 0 Å². The summed E-state index contributed by atoms with van der Waals surface area (Å²) in [5.41, 5.74) is 1.88. The normalized spacial score (nSPS) is 11.7. The molecule has 0 aliphatic heterocycles. The Bertz CT molecular complexity index is 118. The van der Waals surface area contributed by atoms with Gasteiger partial charge in [0.15, 0.2) is 0 Å². The van der Waals surface area contributed by atoms with Crippen molar-refractivity contribution in [3.8, 4) is 0 Å². The molecule has 0 aromatic carbocycles. The largest absolute Gasteiger partial charge is 1.00 e. The van der Waals surface area contributed by atoms with Crippen molar-refractivity contribution in [2.75, 3.05) is 21.3 Å². The van der Waals surface area contributed by atoms with Crippen LogP contribution in [0, 0.1) is 0 Å². The first-order valence-corrected chi connectivity index (χ1v) is 5.38. The Kier molecular flexibility index (Phi) is 9.88. The van der Waals surface area contributed by atoms with Crippen molar-refractivity contribution in [2.24, 2.45) is 0 Å². The summed E-state index contributed by atoms with van der Waals surface area (Å²) in [7, 11) is 2.37. The summed E-state index contributed by atoms with van der Waals surface area (Å²) in [6.45, 7) is 2.05. The number of rotatable bonds is 5. The van der Waals surface area contributed by atoms with Gasteiger partial charge in [-0.3, -0.25) is 0 Å². The molecule has 0 rings (SSSR count). The maximum absolute atomic E-state index is 5.15. The molecule has 0 fully saturated rings. The van der Waals surface area contributed by atoms with Crippen LogP contribution in [0.4, 0.5) is 0 Å². The second-order valence-electron chi connectivity index (χ2n) is 2.03. The SMILES string of the molecule is CCC=C[Si](OC)(OC)OC.[Cu+]. The van der Waals surface area contributed by atoms with Gasteiger partial charge in [-0.1, -0.05) is 13.0 Å². The summed E-state index contributed by atoms with van der Waals surface area (Å²) >= 11 is 0. The van der Waals surface area contributed by atoms with Gasteiger partial charge in [0.25, 0.3) is 0 Å². The molecule has 0 aliphatic carbocycles. The van der Waals surface area contributed by atoms with E-state index in [2.05, 4.69) is 6.92 Å². The van der Waals surface area contributed by atoms with Gasteiger partial charge in [0, 0.05) is 21.3 Å². The van der Waals surface area contributed by atoms with Gasteiger partial charge in [-0.15, -0.1) is 0 Å². The van der Waals surface area contributed by atoms with Crippen molar-refractivity contribution < 1.29 is 30.3 Å². The first-order valence-electron chi connectivity index (χ1n) is 3.57. The average molecular weight is 240 g/mol. The Morgan fingerprint density at radius 3 is 1.75 bits per heavy atom. The smallest absolute Gasteiger partial charge is 0.374 e. The van der Waals surface area contributed by atoms with Crippen LogP contribution in [0.3, 0.4) is 0 Å². The van der Waals surface area contributed by atoms with Crippen LogP contribution in [-0.4, -0.2) is 30.1 Å². The summed E-state index contributed by atoms with van der Waals surface area (Å²) in [5, 5.41) is 0. The van der Waals surface area contributed by atoms with E-state index < -0.39 is 8.80 Å². The van der Waals surface area contributed by atoms with Crippen LogP contribution in [0.15, 0.2) is 11.8 Å². The van der Waals surface area contributed by atoms with Crippen LogP contribution in [0.5, 0.6) is 0 Å². The van der Waals surface area contributed by atoms with E-state index in [1.54, 1.807) is 21.3 Å². The zero-order valence-electron chi connectivity index (χ0n) is 7.89. The molecule has 12 heavy (non-hydrogen) atoms. The molecular weight excluding hydrogens is 224 g/mol. The van der Waals surface area contributed by atoms with Gasteiger partial charge in [-0.25, -0.2) is 0 Å². The third kappa shape index (κ3) is 4.40. The van der Waals surface area contributed by atoms with Crippen molar-refractivity contribution in [1.29, 1.82) is 0 Å². The Morgan fingerprint density at radius 2 is 1.50 bits per heavy atom. The van der Waals surface area contributed by atoms with E-state index in [1.165, 1.54) is 0 Å². The summed E-state index contributed by atoms with van der Waals surface area (Å²) in [6.07, 6.45) is 2.95. The van der Waals surface area contributed by atoms with Gasteiger partial charge in [-0.2, -0.15) is 0 Å². The molecular formula is C7H16CuO3Si+. The van der Waals surface area contributed by atoms with Crippen LogP contribution in [-0.2, 0) is 30.3 Å². The van der Waals surface area contributed by atoms with Crippen LogP contribution in [0.1, 0.15) is 13.3 Å². The van der Waals surface area contributed by atoms with E-state index in [4.69, 9.17) is 13.3 Å². The van der Waals surface area contributed by atoms with Gasteiger partial charge in [0.05, 0.1) is 0 Å². The minimum absolute atomic E-state index is 0. The van der Waals surface area contributed by atoms with Gasteiger partial charge in [0.2, 0.25) is 0 Å². The fraction of sp³-hybridized carbons (Fsp3) is 0.714. The first kappa shape index (κ1) is 14.9. The van der Waals surface area contributed by atoms with Crippen LogP contribution in [0.25, 0.3) is 0 Å². The quantitative estimate of drug-likeness (QED) is 0.679. The predicted octanol–water partition coefficient (Wildman–Crippen LogP) is 1.37. The minimum atomic E-state index is -2.42.